The topological polar surface area (TPSA) is 71.6 Å². The van der Waals surface area contributed by atoms with E-state index in [4.69, 9.17) is 44.9 Å². The van der Waals surface area contributed by atoms with Crippen molar-refractivity contribution in [3.63, 3.8) is 0 Å². The summed E-state index contributed by atoms with van der Waals surface area (Å²) in [5.74, 6) is 0.642. The van der Waals surface area contributed by atoms with E-state index in [1.807, 2.05) is 6.92 Å². The molecule has 0 saturated carbocycles. The Morgan fingerprint density at radius 1 is 1.08 bits per heavy atom. The molecule has 0 fully saturated rings. The maximum Gasteiger partial charge on any atom is 0.269 e. The molecule has 9 heteroatoms. The van der Waals surface area contributed by atoms with Crippen molar-refractivity contribution in [1.29, 1.82) is 0 Å². The minimum atomic E-state index is -0.389. The first-order valence-corrected chi connectivity index (χ1v) is 8.73. The second-order valence-corrected chi connectivity index (χ2v) is 6.27. The number of rotatable bonds is 5. The fourth-order valence-corrected chi connectivity index (χ4v) is 2.75. The molecule has 0 saturated heterocycles. The molecule has 0 heterocycles. The highest BCUT2D eigenvalue weighted by Gasteiger charge is 2.11. The molecular formula is C17H17Cl2N3O3S. The molecule has 0 aliphatic carbocycles. The maximum absolute atomic E-state index is 12.2. The van der Waals surface area contributed by atoms with Crippen molar-refractivity contribution < 1.29 is 14.3 Å². The number of carbonyl (C=O) groups excluding carboxylic acids is 1. The molecule has 0 radical (unpaired) electrons. The molecule has 6 nitrogen and oxygen atoms in total. The number of amides is 1. The molecule has 2 aromatic carbocycles. The molecule has 2 aromatic rings. The zero-order chi connectivity index (χ0) is 19.1. The van der Waals surface area contributed by atoms with Crippen LogP contribution in [0.25, 0.3) is 0 Å². The highest BCUT2D eigenvalue weighted by Crippen LogP contribution is 2.28. The van der Waals surface area contributed by atoms with Crippen LogP contribution in [-0.4, -0.2) is 24.7 Å². The van der Waals surface area contributed by atoms with Crippen LogP contribution in [0.5, 0.6) is 11.5 Å². The van der Waals surface area contributed by atoms with E-state index in [-0.39, 0.29) is 11.0 Å². The van der Waals surface area contributed by atoms with E-state index in [9.17, 15) is 4.79 Å². The molecule has 0 atom stereocenters. The van der Waals surface area contributed by atoms with Crippen LogP contribution < -0.4 is 25.6 Å². The monoisotopic (exact) mass is 413 g/mol. The normalized spacial score (nSPS) is 10.0. The molecule has 0 spiro atoms. The van der Waals surface area contributed by atoms with Gasteiger partial charge in [0.1, 0.15) is 0 Å². The van der Waals surface area contributed by atoms with E-state index < -0.39 is 0 Å². The fraction of sp³-hybridized carbons (Fsp3) is 0.176. The summed E-state index contributed by atoms with van der Waals surface area (Å²) in [4.78, 5) is 12.2. The average Bonchev–Trinajstić information content (AvgIpc) is 2.59. The number of thiocarbonyl (C=S) groups is 1. The number of hydrazine groups is 1. The number of methoxy groups -OCH3 is 1. The number of hydrogen-bond donors (Lipinski definition) is 3. The third-order valence-electron chi connectivity index (χ3n) is 3.14. The minimum Gasteiger partial charge on any atom is -0.493 e. The van der Waals surface area contributed by atoms with Gasteiger partial charge in [0.2, 0.25) is 0 Å². The third kappa shape index (κ3) is 5.66. The fourth-order valence-electron chi connectivity index (χ4n) is 2.06. The van der Waals surface area contributed by atoms with Crippen LogP contribution >= 0.6 is 35.4 Å². The second-order valence-electron chi connectivity index (χ2n) is 4.99. The van der Waals surface area contributed by atoms with Gasteiger partial charge in [-0.25, -0.2) is 0 Å². The number of benzene rings is 2. The van der Waals surface area contributed by atoms with Gasteiger partial charge in [-0.05, 0) is 55.5 Å². The molecule has 1 amide bonds. The van der Waals surface area contributed by atoms with Gasteiger partial charge in [-0.2, -0.15) is 0 Å². The summed E-state index contributed by atoms with van der Waals surface area (Å²) >= 11 is 17.0. The summed E-state index contributed by atoms with van der Waals surface area (Å²) in [5.41, 5.74) is 6.08. The lowest BCUT2D eigenvalue weighted by Gasteiger charge is -2.13. The Morgan fingerprint density at radius 3 is 2.38 bits per heavy atom. The molecule has 26 heavy (non-hydrogen) atoms. The van der Waals surface area contributed by atoms with E-state index >= 15 is 0 Å². The first kappa shape index (κ1) is 20.1. The van der Waals surface area contributed by atoms with Crippen LogP contribution in [0.2, 0.25) is 10.0 Å². The Hall–Kier alpha value is -2.22. The summed E-state index contributed by atoms with van der Waals surface area (Å²) in [6.45, 7) is 2.36. The Bertz CT molecular complexity index is 798. The smallest absolute Gasteiger partial charge is 0.269 e. The predicted octanol–water partition coefficient (Wildman–Crippen LogP) is 4.03. The van der Waals surface area contributed by atoms with Gasteiger partial charge in [-0.3, -0.25) is 15.6 Å². The SMILES string of the molecule is CCOc1ccc(C(=O)NNC(=S)Nc2cc(Cl)cc(Cl)c2)cc1OC. The summed E-state index contributed by atoms with van der Waals surface area (Å²) in [6.07, 6.45) is 0. The van der Waals surface area contributed by atoms with Gasteiger partial charge in [0.25, 0.3) is 5.91 Å². The van der Waals surface area contributed by atoms with Crippen LogP contribution in [0.1, 0.15) is 17.3 Å². The van der Waals surface area contributed by atoms with Gasteiger partial charge in [0.05, 0.1) is 13.7 Å². The van der Waals surface area contributed by atoms with Crippen LogP contribution in [0, 0.1) is 0 Å². The molecule has 0 aliphatic heterocycles. The molecule has 0 bridgehead atoms. The molecule has 138 valence electrons. The molecule has 0 aromatic heterocycles. The van der Waals surface area contributed by atoms with Crippen LogP contribution in [-0.2, 0) is 0 Å². The lowest BCUT2D eigenvalue weighted by atomic mass is 10.2. The van der Waals surface area contributed by atoms with E-state index in [0.717, 1.165) is 0 Å². The first-order chi connectivity index (χ1) is 12.4. The van der Waals surface area contributed by atoms with Crippen molar-refractivity contribution in [2.24, 2.45) is 0 Å². The predicted molar refractivity (Wildman–Crippen MR) is 107 cm³/mol. The summed E-state index contributed by atoms with van der Waals surface area (Å²) < 4.78 is 10.6. The number of carbonyl (C=O) groups is 1. The van der Waals surface area contributed by atoms with E-state index in [1.165, 1.54) is 7.11 Å². The Kier molecular flexibility index (Phi) is 7.32. The average molecular weight is 414 g/mol. The van der Waals surface area contributed by atoms with Gasteiger partial charge >= 0.3 is 0 Å². The van der Waals surface area contributed by atoms with Crippen LogP contribution in [0.15, 0.2) is 36.4 Å². The third-order valence-corrected chi connectivity index (χ3v) is 3.78. The first-order valence-electron chi connectivity index (χ1n) is 7.57. The van der Waals surface area contributed by atoms with Crippen molar-refractivity contribution in [3.05, 3.63) is 52.0 Å². The highest BCUT2D eigenvalue weighted by molar-refractivity contribution is 7.80. The highest BCUT2D eigenvalue weighted by atomic mass is 35.5. The number of nitrogens with one attached hydrogen (secondary N) is 3. The van der Waals surface area contributed by atoms with E-state index in [2.05, 4.69) is 16.2 Å². The zero-order valence-electron chi connectivity index (χ0n) is 14.1. The Labute approximate surface area is 166 Å². The van der Waals surface area contributed by atoms with Gasteiger partial charge in [0, 0.05) is 21.3 Å². The van der Waals surface area contributed by atoms with Crippen molar-refractivity contribution >= 4 is 52.1 Å². The van der Waals surface area contributed by atoms with Gasteiger partial charge < -0.3 is 14.8 Å². The zero-order valence-corrected chi connectivity index (χ0v) is 16.4. The lowest BCUT2D eigenvalue weighted by molar-refractivity contribution is 0.0943. The Morgan fingerprint density at radius 2 is 1.77 bits per heavy atom. The van der Waals surface area contributed by atoms with E-state index in [0.29, 0.717) is 39.4 Å². The van der Waals surface area contributed by atoms with E-state index in [1.54, 1.807) is 36.4 Å². The standard InChI is InChI=1S/C17H17Cl2N3O3S/c1-3-25-14-5-4-10(6-15(14)24-2)16(23)21-22-17(26)20-13-8-11(18)7-12(19)9-13/h4-9H,3H2,1-2H3,(H,21,23)(H2,20,22,26). The Balaban J connectivity index is 1.96. The number of ether oxygens (including phenoxy) is 2. The van der Waals surface area contributed by atoms with Crippen molar-refractivity contribution in [1.82, 2.24) is 10.9 Å². The molecular weight excluding hydrogens is 397 g/mol. The van der Waals surface area contributed by atoms with Gasteiger partial charge in [-0.1, -0.05) is 23.2 Å². The maximum atomic E-state index is 12.2. The largest absolute Gasteiger partial charge is 0.493 e. The minimum absolute atomic E-state index is 0.176. The number of hydrogen-bond acceptors (Lipinski definition) is 4. The number of anilines is 1. The van der Waals surface area contributed by atoms with Crippen molar-refractivity contribution in [2.45, 2.75) is 6.92 Å². The van der Waals surface area contributed by atoms with Gasteiger partial charge in [0.15, 0.2) is 16.6 Å². The van der Waals surface area contributed by atoms with Crippen molar-refractivity contribution in [2.75, 3.05) is 19.0 Å². The second kappa shape index (κ2) is 9.47. The van der Waals surface area contributed by atoms with Crippen LogP contribution in [0.4, 0.5) is 5.69 Å². The molecule has 3 N–H and O–H groups in total. The summed E-state index contributed by atoms with van der Waals surface area (Å²) in [6, 6.07) is 9.78. The quantitative estimate of drug-likeness (QED) is 0.507. The molecule has 0 aliphatic rings. The molecule has 0 unspecified atom stereocenters. The van der Waals surface area contributed by atoms with Crippen molar-refractivity contribution in [3.8, 4) is 11.5 Å². The van der Waals surface area contributed by atoms with Gasteiger partial charge in [-0.15, -0.1) is 0 Å². The lowest BCUT2D eigenvalue weighted by Crippen LogP contribution is -2.43. The summed E-state index contributed by atoms with van der Waals surface area (Å²) in [5, 5.41) is 3.98. The molecule has 2 rings (SSSR count). The van der Waals surface area contributed by atoms with Crippen LogP contribution in [0.3, 0.4) is 0 Å². The number of halogens is 2. The summed E-state index contributed by atoms with van der Waals surface area (Å²) in [7, 11) is 1.51.